The molecule has 2 N–H and O–H groups in total. The zero-order chi connectivity index (χ0) is 21.0. The third-order valence-electron chi connectivity index (χ3n) is 4.23. The van der Waals surface area contributed by atoms with Gasteiger partial charge in [-0.05, 0) is 30.2 Å². The number of carbonyl (C=O) groups excluding carboxylic acids is 2. The Morgan fingerprint density at radius 1 is 1.14 bits per heavy atom. The normalized spacial score (nSPS) is 13.6. The number of fused-ring (bicyclic) bond motifs is 1. The maximum absolute atomic E-state index is 12.6. The molecule has 9 heteroatoms. The zero-order valence-electron chi connectivity index (χ0n) is 15.7. The first-order valence-electron chi connectivity index (χ1n) is 8.84. The Kier molecular flexibility index (Phi) is 6.61. The van der Waals surface area contributed by atoms with Crippen LogP contribution in [0.1, 0.15) is 29.8 Å². The van der Waals surface area contributed by atoms with Crippen molar-refractivity contribution in [1.29, 1.82) is 0 Å². The fourth-order valence-electron chi connectivity index (χ4n) is 2.65. The second-order valence-corrected chi connectivity index (χ2v) is 7.43. The summed E-state index contributed by atoms with van der Waals surface area (Å²) in [7, 11) is 0. The predicted molar refractivity (Wildman–Crippen MR) is 111 cm³/mol. The molecular formula is C20H19Cl2N3O4. The molecule has 0 fully saturated rings. The van der Waals surface area contributed by atoms with Gasteiger partial charge in [-0.3, -0.25) is 9.59 Å². The number of hydrogen-bond acceptors (Lipinski definition) is 5. The van der Waals surface area contributed by atoms with E-state index in [4.69, 9.17) is 32.7 Å². The van der Waals surface area contributed by atoms with Crippen LogP contribution in [0.25, 0.3) is 0 Å². The number of amides is 2. The van der Waals surface area contributed by atoms with Crippen LogP contribution in [0.4, 0.5) is 0 Å². The molecule has 1 aliphatic heterocycles. The van der Waals surface area contributed by atoms with E-state index in [0.717, 1.165) is 0 Å². The van der Waals surface area contributed by atoms with Crippen LogP contribution in [0.15, 0.2) is 41.5 Å². The summed E-state index contributed by atoms with van der Waals surface area (Å²) in [4.78, 5) is 25.1. The van der Waals surface area contributed by atoms with E-state index in [9.17, 15) is 9.59 Å². The van der Waals surface area contributed by atoms with Crippen LogP contribution in [-0.4, -0.2) is 30.9 Å². The van der Waals surface area contributed by atoms with Gasteiger partial charge >= 0.3 is 0 Å². The predicted octanol–water partition coefficient (Wildman–Crippen LogP) is 3.63. The maximum Gasteiger partial charge on any atom is 0.262 e. The van der Waals surface area contributed by atoms with Crippen molar-refractivity contribution in [3.63, 3.8) is 0 Å². The fraction of sp³-hybridized carbons (Fsp3) is 0.250. The Morgan fingerprint density at radius 2 is 1.90 bits per heavy atom. The molecule has 29 heavy (non-hydrogen) atoms. The summed E-state index contributed by atoms with van der Waals surface area (Å²) in [6, 6.07) is 9.13. The molecule has 1 atom stereocenters. The summed E-state index contributed by atoms with van der Waals surface area (Å²) < 4.78 is 10.5. The lowest BCUT2D eigenvalue weighted by molar-refractivity contribution is -0.123. The van der Waals surface area contributed by atoms with E-state index in [-0.39, 0.29) is 12.7 Å². The van der Waals surface area contributed by atoms with Crippen molar-refractivity contribution in [2.24, 2.45) is 11.0 Å². The molecule has 7 nitrogen and oxygen atoms in total. The highest BCUT2D eigenvalue weighted by molar-refractivity contribution is 6.43. The molecule has 0 radical (unpaired) electrons. The highest BCUT2D eigenvalue weighted by atomic mass is 35.5. The minimum atomic E-state index is -0.792. The van der Waals surface area contributed by atoms with Gasteiger partial charge in [0.05, 0.1) is 16.3 Å². The van der Waals surface area contributed by atoms with E-state index < -0.39 is 17.9 Å². The molecule has 2 aromatic rings. The molecule has 152 valence electrons. The summed E-state index contributed by atoms with van der Waals surface area (Å²) >= 11 is 12.0. The van der Waals surface area contributed by atoms with E-state index in [1.165, 1.54) is 6.21 Å². The van der Waals surface area contributed by atoms with Gasteiger partial charge in [0.25, 0.3) is 11.8 Å². The Labute approximate surface area is 178 Å². The monoisotopic (exact) mass is 435 g/mol. The molecule has 2 amide bonds. The van der Waals surface area contributed by atoms with Crippen molar-refractivity contribution in [2.75, 3.05) is 6.79 Å². The van der Waals surface area contributed by atoms with Crippen LogP contribution in [0.3, 0.4) is 0 Å². The average molecular weight is 436 g/mol. The van der Waals surface area contributed by atoms with Crippen molar-refractivity contribution in [3.8, 4) is 11.5 Å². The lowest BCUT2D eigenvalue weighted by atomic mass is 10.0. The van der Waals surface area contributed by atoms with Crippen LogP contribution in [0.2, 0.25) is 10.0 Å². The van der Waals surface area contributed by atoms with Crippen LogP contribution in [-0.2, 0) is 4.79 Å². The number of nitrogens with zero attached hydrogens (tertiary/aromatic N) is 1. The molecule has 1 unspecified atom stereocenters. The van der Waals surface area contributed by atoms with E-state index in [1.54, 1.807) is 36.4 Å². The molecule has 0 bridgehead atoms. The Balaban J connectivity index is 1.65. The third kappa shape index (κ3) is 4.99. The largest absolute Gasteiger partial charge is 0.454 e. The Hall–Kier alpha value is -2.77. The molecule has 0 spiro atoms. The first-order valence-corrected chi connectivity index (χ1v) is 9.60. The number of rotatable bonds is 6. The lowest BCUT2D eigenvalue weighted by Gasteiger charge is -2.20. The summed E-state index contributed by atoms with van der Waals surface area (Å²) in [5.41, 5.74) is 3.35. The zero-order valence-corrected chi connectivity index (χ0v) is 17.3. The van der Waals surface area contributed by atoms with Gasteiger partial charge in [0.2, 0.25) is 6.79 Å². The van der Waals surface area contributed by atoms with Crippen LogP contribution < -0.4 is 20.2 Å². The molecule has 1 heterocycles. The van der Waals surface area contributed by atoms with Crippen LogP contribution in [0, 0.1) is 5.92 Å². The standard InChI is InChI=1S/C20H19Cl2N3O4/c1-11(2)18(20(27)25-23-9-13-4-3-5-14(21)17(13)22)24-19(26)12-6-7-15-16(8-12)29-10-28-15/h3-9,11,18H,10H2,1-2H3,(H,24,26)(H,25,27). The average Bonchev–Trinajstić information content (AvgIpc) is 3.16. The van der Waals surface area contributed by atoms with E-state index in [2.05, 4.69) is 15.8 Å². The van der Waals surface area contributed by atoms with E-state index in [0.29, 0.717) is 32.7 Å². The molecule has 0 aromatic heterocycles. The number of benzene rings is 2. The third-order valence-corrected chi connectivity index (χ3v) is 5.06. The second-order valence-electron chi connectivity index (χ2n) is 6.64. The SMILES string of the molecule is CC(C)C(NC(=O)c1ccc2c(c1)OCO2)C(=O)NN=Cc1cccc(Cl)c1Cl. The number of hydrazone groups is 1. The number of hydrogen-bond donors (Lipinski definition) is 2. The topological polar surface area (TPSA) is 89.0 Å². The lowest BCUT2D eigenvalue weighted by Crippen LogP contribution is -2.48. The Morgan fingerprint density at radius 3 is 2.66 bits per heavy atom. The van der Waals surface area contributed by atoms with Crippen molar-refractivity contribution in [3.05, 3.63) is 57.6 Å². The molecule has 1 aliphatic rings. The summed E-state index contributed by atoms with van der Waals surface area (Å²) in [6.45, 7) is 3.76. The van der Waals surface area contributed by atoms with Crippen LogP contribution in [0.5, 0.6) is 11.5 Å². The van der Waals surface area contributed by atoms with E-state index in [1.807, 2.05) is 13.8 Å². The van der Waals surface area contributed by atoms with Gasteiger partial charge in [0.15, 0.2) is 11.5 Å². The first kappa shape index (κ1) is 21.0. The van der Waals surface area contributed by atoms with Crippen molar-refractivity contribution < 1.29 is 19.1 Å². The highest BCUT2D eigenvalue weighted by Gasteiger charge is 2.25. The smallest absolute Gasteiger partial charge is 0.262 e. The van der Waals surface area contributed by atoms with Crippen molar-refractivity contribution >= 4 is 41.2 Å². The first-order chi connectivity index (χ1) is 13.9. The van der Waals surface area contributed by atoms with Crippen LogP contribution >= 0.6 is 23.2 Å². The summed E-state index contributed by atoms with van der Waals surface area (Å²) in [6.07, 6.45) is 1.39. The summed E-state index contributed by atoms with van der Waals surface area (Å²) in [5.74, 6) is 0.0420. The van der Waals surface area contributed by atoms with Gasteiger partial charge in [-0.25, -0.2) is 5.43 Å². The highest BCUT2D eigenvalue weighted by Crippen LogP contribution is 2.32. The van der Waals surface area contributed by atoms with Gasteiger partial charge in [-0.15, -0.1) is 0 Å². The molecule has 0 aliphatic carbocycles. The number of ether oxygens (including phenoxy) is 2. The van der Waals surface area contributed by atoms with Gasteiger partial charge < -0.3 is 14.8 Å². The second kappa shape index (κ2) is 9.15. The molecule has 0 saturated carbocycles. The van der Waals surface area contributed by atoms with Gasteiger partial charge in [0, 0.05) is 11.1 Å². The van der Waals surface area contributed by atoms with Gasteiger partial charge in [-0.1, -0.05) is 49.2 Å². The fourth-order valence-corrected chi connectivity index (χ4v) is 3.01. The maximum atomic E-state index is 12.6. The van der Waals surface area contributed by atoms with Crippen molar-refractivity contribution in [2.45, 2.75) is 19.9 Å². The minimum Gasteiger partial charge on any atom is -0.454 e. The van der Waals surface area contributed by atoms with E-state index >= 15 is 0 Å². The molecule has 2 aromatic carbocycles. The number of halogens is 2. The summed E-state index contributed by atoms with van der Waals surface area (Å²) in [5, 5.41) is 7.37. The van der Waals surface area contributed by atoms with Gasteiger partial charge in [-0.2, -0.15) is 5.10 Å². The van der Waals surface area contributed by atoms with Gasteiger partial charge in [0.1, 0.15) is 6.04 Å². The quantitative estimate of drug-likeness (QED) is 0.535. The number of nitrogens with one attached hydrogen (secondary N) is 2. The van der Waals surface area contributed by atoms with Crippen molar-refractivity contribution in [1.82, 2.24) is 10.7 Å². The number of carbonyl (C=O) groups is 2. The minimum absolute atomic E-state index is 0.117. The molecule has 0 saturated heterocycles. The molecule has 3 rings (SSSR count). The molecular weight excluding hydrogens is 417 g/mol. The Bertz CT molecular complexity index is 963.